The summed E-state index contributed by atoms with van der Waals surface area (Å²) < 4.78 is 19.9. The Morgan fingerprint density at radius 2 is 2.20 bits per heavy atom. The molecule has 0 aliphatic carbocycles. The van der Waals surface area contributed by atoms with Gasteiger partial charge >= 0.3 is 0 Å². The van der Waals surface area contributed by atoms with Gasteiger partial charge in [-0.3, -0.25) is 4.98 Å². The van der Waals surface area contributed by atoms with Crippen LogP contribution < -0.4 is 4.74 Å². The standard InChI is InChI=1S/C16H13BrFNO/c1-2-3-9-15(16-14(17)8-5-10-19-16)20-13-7-4-6-12(18)11-13/h4-8,10-11,15H,9H2,1H3. The van der Waals surface area contributed by atoms with Crippen LogP contribution in [0.3, 0.4) is 0 Å². The van der Waals surface area contributed by atoms with Gasteiger partial charge in [-0.2, -0.15) is 0 Å². The summed E-state index contributed by atoms with van der Waals surface area (Å²) in [6.07, 6.45) is 1.84. The molecule has 4 heteroatoms. The van der Waals surface area contributed by atoms with Crippen LogP contribution in [0.15, 0.2) is 47.1 Å². The lowest BCUT2D eigenvalue weighted by molar-refractivity contribution is 0.205. The molecule has 0 amide bonds. The van der Waals surface area contributed by atoms with Crippen molar-refractivity contribution in [3.8, 4) is 17.6 Å². The molecule has 1 unspecified atom stereocenters. The van der Waals surface area contributed by atoms with Crippen LogP contribution in [0.5, 0.6) is 5.75 Å². The van der Waals surface area contributed by atoms with Crippen LogP contribution in [0.1, 0.15) is 25.1 Å². The molecule has 0 aliphatic heterocycles. The van der Waals surface area contributed by atoms with Gasteiger partial charge in [0.25, 0.3) is 0 Å². The second kappa shape index (κ2) is 7.06. The van der Waals surface area contributed by atoms with E-state index in [-0.39, 0.29) is 11.9 Å². The lowest BCUT2D eigenvalue weighted by Crippen LogP contribution is -2.10. The first-order valence-corrected chi connectivity index (χ1v) is 6.92. The fourth-order valence-electron chi connectivity index (χ4n) is 1.73. The zero-order valence-corrected chi connectivity index (χ0v) is 12.5. The van der Waals surface area contributed by atoms with E-state index in [2.05, 4.69) is 32.8 Å². The summed E-state index contributed by atoms with van der Waals surface area (Å²) in [5, 5.41) is 0. The Labute approximate surface area is 126 Å². The summed E-state index contributed by atoms with van der Waals surface area (Å²) in [5.74, 6) is 5.95. The van der Waals surface area contributed by atoms with Gasteiger partial charge in [0.2, 0.25) is 0 Å². The lowest BCUT2D eigenvalue weighted by atomic mass is 10.1. The van der Waals surface area contributed by atoms with Crippen molar-refractivity contribution >= 4 is 15.9 Å². The number of rotatable bonds is 4. The Kier molecular flexibility index (Phi) is 5.14. The average molecular weight is 334 g/mol. The zero-order chi connectivity index (χ0) is 14.4. The average Bonchev–Trinajstić information content (AvgIpc) is 2.44. The van der Waals surface area contributed by atoms with Crippen LogP contribution in [-0.2, 0) is 0 Å². The van der Waals surface area contributed by atoms with E-state index in [9.17, 15) is 4.39 Å². The highest BCUT2D eigenvalue weighted by molar-refractivity contribution is 9.10. The Morgan fingerprint density at radius 3 is 2.90 bits per heavy atom. The number of hydrogen-bond acceptors (Lipinski definition) is 2. The summed E-state index contributed by atoms with van der Waals surface area (Å²) in [4.78, 5) is 4.32. The molecular weight excluding hydrogens is 321 g/mol. The molecule has 0 bridgehead atoms. The van der Waals surface area contributed by atoms with E-state index >= 15 is 0 Å². The van der Waals surface area contributed by atoms with E-state index in [1.54, 1.807) is 25.3 Å². The summed E-state index contributed by atoms with van der Waals surface area (Å²) in [6.45, 7) is 1.77. The molecule has 0 aliphatic rings. The maximum Gasteiger partial charge on any atom is 0.152 e. The predicted molar refractivity (Wildman–Crippen MR) is 79.8 cm³/mol. The minimum absolute atomic E-state index is 0.331. The van der Waals surface area contributed by atoms with Gasteiger partial charge in [-0.15, -0.1) is 5.92 Å². The number of hydrogen-bond donors (Lipinski definition) is 0. The van der Waals surface area contributed by atoms with Crippen molar-refractivity contribution in [1.82, 2.24) is 4.98 Å². The van der Waals surface area contributed by atoms with Crippen molar-refractivity contribution in [2.75, 3.05) is 0 Å². The third-order valence-electron chi connectivity index (χ3n) is 2.63. The number of pyridine rings is 1. The largest absolute Gasteiger partial charge is 0.483 e. The minimum atomic E-state index is -0.347. The molecule has 1 heterocycles. The maximum atomic E-state index is 13.2. The molecule has 102 valence electrons. The summed E-state index contributed by atoms with van der Waals surface area (Å²) in [7, 11) is 0. The van der Waals surface area contributed by atoms with Crippen LogP contribution in [0.4, 0.5) is 4.39 Å². The molecule has 0 radical (unpaired) electrons. The topological polar surface area (TPSA) is 22.1 Å². The van der Waals surface area contributed by atoms with Crippen LogP contribution >= 0.6 is 15.9 Å². The van der Waals surface area contributed by atoms with Crippen LogP contribution in [0.2, 0.25) is 0 Å². The smallest absolute Gasteiger partial charge is 0.152 e. The normalized spacial score (nSPS) is 11.3. The highest BCUT2D eigenvalue weighted by Crippen LogP contribution is 2.28. The van der Waals surface area contributed by atoms with E-state index in [1.165, 1.54) is 12.1 Å². The molecule has 0 spiro atoms. The van der Waals surface area contributed by atoms with Crippen molar-refractivity contribution in [3.05, 3.63) is 58.6 Å². The number of halogens is 2. The van der Waals surface area contributed by atoms with Crippen molar-refractivity contribution in [2.24, 2.45) is 0 Å². The summed E-state index contributed by atoms with van der Waals surface area (Å²) in [5.41, 5.74) is 0.750. The first-order chi connectivity index (χ1) is 9.70. The first kappa shape index (κ1) is 14.5. The van der Waals surface area contributed by atoms with Gasteiger partial charge in [0, 0.05) is 16.7 Å². The Bertz CT molecular complexity index is 648. The molecule has 2 rings (SSSR count). The number of aromatic nitrogens is 1. The fourth-order valence-corrected chi connectivity index (χ4v) is 2.24. The van der Waals surface area contributed by atoms with Crippen molar-refractivity contribution in [2.45, 2.75) is 19.4 Å². The molecule has 0 N–H and O–H groups in total. The number of benzene rings is 1. The van der Waals surface area contributed by atoms with Gasteiger partial charge in [-0.05, 0) is 47.1 Å². The SMILES string of the molecule is CC#CCC(Oc1cccc(F)c1)c1ncccc1Br. The third kappa shape index (κ3) is 3.82. The Morgan fingerprint density at radius 1 is 1.35 bits per heavy atom. The Hall–Kier alpha value is -1.86. The van der Waals surface area contributed by atoms with Gasteiger partial charge in [-0.1, -0.05) is 12.0 Å². The summed E-state index contributed by atoms with van der Waals surface area (Å²) >= 11 is 3.45. The van der Waals surface area contributed by atoms with E-state index in [0.717, 1.165) is 10.2 Å². The molecular formula is C16H13BrFNO. The maximum absolute atomic E-state index is 13.2. The van der Waals surface area contributed by atoms with Gasteiger partial charge in [0.1, 0.15) is 11.6 Å². The molecule has 0 fully saturated rings. The second-order valence-corrected chi connectivity index (χ2v) is 4.92. The van der Waals surface area contributed by atoms with E-state index in [4.69, 9.17) is 4.74 Å². The lowest BCUT2D eigenvalue weighted by Gasteiger charge is -2.17. The van der Waals surface area contributed by atoms with E-state index < -0.39 is 0 Å². The van der Waals surface area contributed by atoms with Crippen molar-refractivity contribution in [3.63, 3.8) is 0 Å². The van der Waals surface area contributed by atoms with Crippen molar-refractivity contribution < 1.29 is 9.13 Å². The van der Waals surface area contributed by atoms with Gasteiger partial charge < -0.3 is 4.74 Å². The molecule has 0 saturated heterocycles. The molecule has 1 aromatic carbocycles. The van der Waals surface area contributed by atoms with Gasteiger partial charge in [0.15, 0.2) is 6.10 Å². The molecule has 1 aromatic heterocycles. The Balaban J connectivity index is 2.28. The molecule has 2 nitrogen and oxygen atoms in total. The molecule has 0 saturated carbocycles. The molecule has 2 aromatic rings. The first-order valence-electron chi connectivity index (χ1n) is 6.13. The van der Waals surface area contributed by atoms with E-state index in [0.29, 0.717) is 12.2 Å². The molecule has 1 atom stereocenters. The monoisotopic (exact) mass is 333 g/mol. The second-order valence-electron chi connectivity index (χ2n) is 4.07. The van der Waals surface area contributed by atoms with Crippen molar-refractivity contribution in [1.29, 1.82) is 0 Å². The van der Waals surface area contributed by atoms with Crippen LogP contribution in [0.25, 0.3) is 0 Å². The van der Waals surface area contributed by atoms with Crippen LogP contribution in [0, 0.1) is 17.7 Å². The third-order valence-corrected chi connectivity index (χ3v) is 3.30. The van der Waals surface area contributed by atoms with E-state index in [1.807, 2.05) is 12.1 Å². The van der Waals surface area contributed by atoms with Gasteiger partial charge in [0.05, 0.1) is 12.1 Å². The predicted octanol–water partition coefficient (Wildman–Crippen LogP) is 4.52. The summed E-state index contributed by atoms with van der Waals surface area (Å²) in [6, 6.07) is 9.78. The number of nitrogens with zero attached hydrogens (tertiary/aromatic N) is 1. The number of ether oxygens (including phenoxy) is 1. The fraction of sp³-hybridized carbons (Fsp3) is 0.188. The van der Waals surface area contributed by atoms with Crippen LogP contribution in [-0.4, -0.2) is 4.98 Å². The highest BCUT2D eigenvalue weighted by atomic mass is 79.9. The van der Waals surface area contributed by atoms with Gasteiger partial charge in [-0.25, -0.2) is 4.39 Å². The minimum Gasteiger partial charge on any atom is -0.483 e. The zero-order valence-electron chi connectivity index (χ0n) is 10.9. The highest BCUT2D eigenvalue weighted by Gasteiger charge is 2.17. The molecule has 20 heavy (non-hydrogen) atoms. The quantitative estimate of drug-likeness (QED) is 0.767.